The van der Waals surface area contributed by atoms with Gasteiger partial charge < -0.3 is 29.0 Å². The van der Waals surface area contributed by atoms with E-state index >= 15 is 0 Å². The van der Waals surface area contributed by atoms with Gasteiger partial charge in [0.2, 0.25) is 5.75 Å². The molecule has 0 aliphatic heterocycles. The zero-order chi connectivity index (χ0) is 29.6. The summed E-state index contributed by atoms with van der Waals surface area (Å²) in [5, 5.41) is 6.40. The first kappa shape index (κ1) is 30.5. The lowest BCUT2D eigenvalue weighted by Crippen LogP contribution is -2.34. The maximum Gasteiger partial charge on any atom is 0.343 e. The lowest BCUT2D eigenvalue weighted by atomic mass is 10.1. The van der Waals surface area contributed by atoms with E-state index in [1.54, 1.807) is 48.5 Å². The molecule has 0 atom stereocenters. The van der Waals surface area contributed by atoms with Crippen molar-refractivity contribution in [2.24, 2.45) is 5.10 Å². The number of rotatable bonds is 14. The van der Waals surface area contributed by atoms with Crippen LogP contribution in [0.2, 0.25) is 0 Å². The average molecular weight is 564 g/mol. The van der Waals surface area contributed by atoms with Crippen molar-refractivity contribution in [2.75, 3.05) is 34.5 Å². The summed E-state index contributed by atoms with van der Waals surface area (Å²) >= 11 is 0. The predicted octanol–water partition coefficient (Wildman–Crippen LogP) is 3.99. The van der Waals surface area contributed by atoms with Crippen LogP contribution in [-0.2, 0) is 4.79 Å². The lowest BCUT2D eigenvalue weighted by Gasteiger charge is -2.14. The molecular weight excluding hydrogens is 530 g/mol. The van der Waals surface area contributed by atoms with Crippen LogP contribution < -0.4 is 34.4 Å². The van der Waals surface area contributed by atoms with Crippen LogP contribution in [0.4, 0.5) is 0 Å². The van der Waals surface area contributed by atoms with E-state index in [1.807, 2.05) is 0 Å². The minimum Gasteiger partial charge on any atom is -0.494 e. The van der Waals surface area contributed by atoms with Crippen LogP contribution >= 0.6 is 0 Å². The molecule has 2 N–H and O–H groups in total. The van der Waals surface area contributed by atoms with Gasteiger partial charge in [0.1, 0.15) is 11.5 Å². The fourth-order valence-corrected chi connectivity index (χ4v) is 3.50. The minimum absolute atomic E-state index is 0.227. The number of nitrogens with zero attached hydrogens (tertiary/aromatic N) is 1. The first-order chi connectivity index (χ1) is 19.9. The van der Waals surface area contributed by atoms with Gasteiger partial charge in [0.05, 0.1) is 46.3 Å². The van der Waals surface area contributed by atoms with Crippen LogP contribution in [0, 0.1) is 0 Å². The number of methoxy groups -OCH3 is 3. The first-order valence-corrected chi connectivity index (χ1v) is 12.8. The topological polar surface area (TPSA) is 134 Å². The van der Waals surface area contributed by atoms with Gasteiger partial charge in [-0.1, -0.05) is 13.3 Å². The van der Waals surface area contributed by atoms with E-state index in [2.05, 4.69) is 22.8 Å². The smallest absolute Gasteiger partial charge is 0.343 e. The second kappa shape index (κ2) is 15.5. The van der Waals surface area contributed by atoms with E-state index in [9.17, 15) is 14.4 Å². The predicted molar refractivity (Wildman–Crippen MR) is 152 cm³/mol. The van der Waals surface area contributed by atoms with Gasteiger partial charge >= 0.3 is 5.97 Å². The van der Waals surface area contributed by atoms with Crippen molar-refractivity contribution in [1.82, 2.24) is 10.7 Å². The molecule has 2 amide bonds. The molecule has 0 spiro atoms. The number of nitrogens with one attached hydrogen (secondary N) is 2. The van der Waals surface area contributed by atoms with Crippen molar-refractivity contribution < 1.29 is 38.1 Å². The molecule has 0 fully saturated rings. The maximum atomic E-state index is 12.5. The number of unbranched alkanes of at least 4 members (excludes halogenated alkanes) is 1. The van der Waals surface area contributed by atoms with Crippen molar-refractivity contribution in [3.63, 3.8) is 0 Å². The van der Waals surface area contributed by atoms with Crippen LogP contribution in [0.5, 0.6) is 28.7 Å². The van der Waals surface area contributed by atoms with Crippen molar-refractivity contribution in [3.8, 4) is 28.7 Å². The third-order valence-electron chi connectivity index (χ3n) is 5.69. The molecule has 11 nitrogen and oxygen atoms in total. The molecule has 0 aromatic heterocycles. The highest BCUT2D eigenvalue weighted by Gasteiger charge is 2.17. The molecule has 0 unspecified atom stereocenters. The minimum atomic E-state index is -0.533. The Morgan fingerprint density at radius 2 is 1.46 bits per heavy atom. The monoisotopic (exact) mass is 563 g/mol. The summed E-state index contributed by atoms with van der Waals surface area (Å²) in [6, 6.07) is 16.3. The second-order valence-corrected chi connectivity index (χ2v) is 8.57. The van der Waals surface area contributed by atoms with Crippen LogP contribution in [0.25, 0.3) is 0 Å². The Morgan fingerprint density at radius 1 is 0.829 bits per heavy atom. The summed E-state index contributed by atoms with van der Waals surface area (Å²) < 4.78 is 26.7. The summed E-state index contributed by atoms with van der Waals surface area (Å²) in [4.78, 5) is 37.1. The third kappa shape index (κ3) is 8.99. The van der Waals surface area contributed by atoms with Gasteiger partial charge in [0, 0.05) is 5.56 Å². The molecule has 11 heteroatoms. The van der Waals surface area contributed by atoms with E-state index in [0.29, 0.717) is 46.5 Å². The molecule has 0 bridgehead atoms. The van der Waals surface area contributed by atoms with E-state index in [-0.39, 0.29) is 12.1 Å². The fourth-order valence-electron chi connectivity index (χ4n) is 3.50. The number of esters is 1. The van der Waals surface area contributed by atoms with Gasteiger partial charge in [-0.3, -0.25) is 9.59 Å². The van der Waals surface area contributed by atoms with Gasteiger partial charge in [-0.15, -0.1) is 0 Å². The normalized spacial score (nSPS) is 10.5. The van der Waals surface area contributed by atoms with Crippen LogP contribution in [0.1, 0.15) is 46.0 Å². The highest BCUT2D eigenvalue weighted by atomic mass is 16.5. The number of carbonyl (C=O) groups is 3. The number of hydrazone groups is 1. The van der Waals surface area contributed by atoms with Gasteiger partial charge in [-0.25, -0.2) is 10.2 Å². The Kier molecular flexibility index (Phi) is 11.5. The largest absolute Gasteiger partial charge is 0.494 e. The zero-order valence-electron chi connectivity index (χ0n) is 23.4. The number of ether oxygens (including phenoxy) is 5. The van der Waals surface area contributed by atoms with Gasteiger partial charge in [0.15, 0.2) is 11.5 Å². The molecule has 41 heavy (non-hydrogen) atoms. The van der Waals surface area contributed by atoms with Gasteiger partial charge in [0.25, 0.3) is 11.8 Å². The summed E-state index contributed by atoms with van der Waals surface area (Å²) in [7, 11) is 4.34. The molecule has 0 aliphatic carbocycles. The van der Waals surface area contributed by atoms with E-state index < -0.39 is 17.8 Å². The summed E-state index contributed by atoms with van der Waals surface area (Å²) in [6.07, 6.45) is 3.43. The average Bonchev–Trinajstić information content (AvgIpc) is 3.00. The van der Waals surface area contributed by atoms with Crippen molar-refractivity contribution in [1.29, 1.82) is 0 Å². The molecule has 3 rings (SSSR count). The Hall–Kier alpha value is -5.06. The molecule has 3 aromatic rings. The van der Waals surface area contributed by atoms with E-state index in [0.717, 1.165) is 12.8 Å². The number of hydrogen-bond donors (Lipinski definition) is 2. The van der Waals surface area contributed by atoms with E-state index in [4.69, 9.17) is 23.7 Å². The van der Waals surface area contributed by atoms with Crippen LogP contribution in [0.15, 0.2) is 65.8 Å². The highest BCUT2D eigenvalue weighted by molar-refractivity contribution is 5.97. The Bertz CT molecular complexity index is 1330. The van der Waals surface area contributed by atoms with Crippen LogP contribution in [-0.4, -0.2) is 58.5 Å². The SMILES string of the molecule is CCCCOc1ccc(C(=O)Oc2ccc(/C=N\NC(=O)CNC(=O)c3cc(OC)c(OC)c(OC)c3)cc2)cc1. The van der Waals surface area contributed by atoms with Crippen molar-refractivity contribution in [2.45, 2.75) is 19.8 Å². The summed E-state index contributed by atoms with van der Waals surface area (Å²) in [5.41, 5.74) is 3.62. The van der Waals surface area contributed by atoms with Crippen LogP contribution in [0.3, 0.4) is 0 Å². The molecule has 0 saturated carbocycles. The first-order valence-electron chi connectivity index (χ1n) is 12.8. The Morgan fingerprint density at radius 3 is 2.05 bits per heavy atom. The maximum absolute atomic E-state index is 12.5. The Labute approximate surface area is 238 Å². The van der Waals surface area contributed by atoms with Crippen molar-refractivity contribution in [3.05, 3.63) is 77.4 Å². The molecule has 0 saturated heterocycles. The quantitative estimate of drug-likeness (QED) is 0.0989. The molecule has 3 aromatic carbocycles. The zero-order valence-corrected chi connectivity index (χ0v) is 23.4. The number of hydrogen-bond acceptors (Lipinski definition) is 9. The number of benzene rings is 3. The number of carbonyl (C=O) groups excluding carboxylic acids is 3. The summed E-state index contributed by atoms with van der Waals surface area (Å²) in [5.74, 6) is 0.498. The molecule has 216 valence electrons. The lowest BCUT2D eigenvalue weighted by molar-refractivity contribution is -0.120. The molecule has 0 aliphatic rings. The second-order valence-electron chi connectivity index (χ2n) is 8.57. The summed E-state index contributed by atoms with van der Waals surface area (Å²) in [6.45, 7) is 2.41. The van der Waals surface area contributed by atoms with Gasteiger partial charge in [-0.2, -0.15) is 5.10 Å². The third-order valence-corrected chi connectivity index (χ3v) is 5.69. The fraction of sp³-hybridized carbons (Fsp3) is 0.267. The molecular formula is C30H33N3O8. The standard InChI is InChI=1S/C30H33N3O8/c1-5-6-15-40-23-13-9-21(10-14-23)30(36)41-24-11-7-20(8-12-24)18-32-33-27(34)19-31-29(35)22-16-25(37-2)28(39-4)26(17-22)38-3/h7-14,16-18H,5-6,15,19H2,1-4H3,(H,31,35)(H,33,34)/b32-18-. The van der Waals surface area contributed by atoms with Crippen molar-refractivity contribution >= 4 is 24.0 Å². The van der Waals surface area contributed by atoms with E-state index in [1.165, 1.54) is 39.7 Å². The number of amides is 2. The van der Waals surface area contributed by atoms with Gasteiger partial charge in [-0.05, 0) is 72.6 Å². The molecule has 0 radical (unpaired) electrons. The highest BCUT2D eigenvalue weighted by Crippen LogP contribution is 2.38. The Balaban J connectivity index is 1.46. The molecule has 0 heterocycles.